The number of rotatable bonds is 10. The van der Waals surface area contributed by atoms with E-state index in [4.69, 9.17) is 25.8 Å². The molecule has 1 saturated heterocycles. The minimum absolute atomic E-state index is 0.0196. The number of likely N-dealkylation sites (tertiary alicyclic amines) is 1. The molecule has 1 aliphatic heterocycles. The van der Waals surface area contributed by atoms with Crippen molar-refractivity contribution in [1.82, 2.24) is 25.5 Å². The Balaban J connectivity index is 1.57. The summed E-state index contributed by atoms with van der Waals surface area (Å²) in [4.78, 5) is 36.2. The van der Waals surface area contributed by atoms with E-state index in [2.05, 4.69) is 30.8 Å². The average molecular weight is 601 g/mol. The lowest BCUT2D eigenvalue weighted by Crippen LogP contribution is -2.53. The number of likely N-dealkylation sites (N-methyl/N-ethyl adjacent to an activating group) is 1. The molecule has 224 valence electrons. The number of carbonyl (C=O) groups is 2. The van der Waals surface area contributed by atoms with Crippen molar-refractivity contribution in [3.63, 3.8) is 0 Å². The maximum absolute atomic E-state index is 15.3. The SMILES string of the molecule is CCc1cccc(Oc2nc(Nc3cc(F)c(C(=O)NC4CCN(C)CC4OC)cc3OC)ncc2Cl)c1C(=O)NC. The van der Waals surface area contributed by atoms with E-state index >= 15 is 4.39 Å². The Hall–Kier alpha value is -4.00. The highest BCUT2D eigenvalue weighted by molar-refractivity contribution is 6.31. The van der Waals surface area contributed by atoms with Gasteiger partial charge in [-0.3, -0.25) is 9.59 Å². The van der Waals surface area contributed by atoms with E-state index in [-0.39, 0.29) is 57.7 Å². The second kappa shape index (κ2) is 13.8. The number of nitrogens with one attached hydrogen (secondary N) is 3. The van der Waals surface area contributed by atoms with Gasteiger partial charge in [-0.05, 0) is 44.1 Å². The van der Waals surface area contributed by atoms with Crippen molar-refractivity contribution in [2.45, 2.75) is 31.9 Å². The fraction of sp³-hybridized carbons (Fsp3) is 0.379. The molecule has 11 nitrogen and oxygen atoms in total. The van der Waals surface area contributed by atoms with Crippen molar-refractivity contribution in [2.75, 3.05) is 46.7 Å². The summed E-state index contributed by atoms with van der Waals surface area (Å²) in [6.45, 7) is 3.36. The van der Waals surface area contributed by atoms with Crippen LogP contribution in [-0.4, -0.2) is 80.2 Å². The second-order valence-electron chi connectivity index (χ2n) is 9.73. The van der Waals surface area contributed by atoms with Crippen LogP contribution in [0.4, 0.5) is 16.0 Å². The molecule has 0 aliphatic carbocycles. The number of amides is 2. The number of carbonyl (C=O) groups excluding carboxylic acids is 2. The lowest BCUT2D eigenvalue weighted by Gasteiger charge is -2.36. The number of piperidine rings is 1. The Morgan fingerprint density at radius 2 is 1.98 bits per heavy atom. The maximum atomic E-state index is 15.3. The van der Waals surface area contributed by atoms with Crippen molar-refractivity contribution in [1.29, 1.82) is 0 Å². The first kappa shape index (κ1) is 30.9. The first-order valence-electron chi connectivity index (χ1n) is 13.4. The van der Waals surface area contributed by atoms with Gasteiger partial charge in [-0.15, -0.1) is 0 Å². The third-order valence-electron chi connectivity index (χ3n) is 7.03. The molecule has 2 aromatic carbocycles. The number of benzene rings is 2. The monoisotopic (exact) mass is 600 g/mol. The number of anilines is 2. The summed E-state index contributed by atoms with van der Waals surface area (Å²) < 4.78 is 32.2. The minimum atomic E-state index is -0.769. The van der Waals surface area contributed by atoms with Gasteiger partial charge in [0.2, 0.25) is 11.8 Å². The highest BCUT2D eigenvalue weighted by atomic mass is 35.5. The predicted molar refractivity (Wildman–Crippen MR) is 157 cm³/mol. The van der Waals surface area contributed by atoms with Crippen LogP contribution in [0.1, 0.15) is 39.6 Å². The van der Waals surface area contributed by atoms with E-state index in [1.54, 1.807) is 19.2 Å². The standard InChI is InChI=1S/C29H34ClFN6O5/c1-6-16-8-7-9-22(25(16)27(39)32-2)42-28-18(30)14-33-29(36-28)35-21-13-19(31)17(12-23(21)40-4)26(38)34-20-10-11-37(3)15-24(20)41-5/h7-9,12-14,20,24H,6,10-11,15H2,1-5H3,(H,32,39)(H,34,38)(H,33,35,36). The van der Waals surface area contributed by atoms with Crippen molar-refractivity contribution in [3.8, 4) is 17.4 Å². The minimum Gasteiger partial charge on any atom is -0.495 e. The molecule has 0 bridgehead atoms. The van der Waals surface area contributed by atoms with Crippen LogP contribution >= 0.6 is 11.6 Å². The molecular weight excluding hydrogens is 567 g/mol. The normalized spacial score (nSPS) is 16.9. The molecule has 42 heavy (non-hydrogen) atoms. The summed E-state index contributed by atoms with van der Waals surface area (Å²) in [5.74, 6) is -1.21. The smallest absolute Gasteiger partial charge is 0.255 e. The highest BCUT2D eigenvalue weighted by Crippen LogP contribution is 2.34. The second-order valence-corrected chi connectivity index (χ2v) is 10.1. The first-order valence-corrected chi connectivity index (χ1v) is 13.8. The van der Waals surface area contributed by atoms with Crippen LogP contribution in [0.15, 0.2) is 36.5 Å². The van der Waals surface area contributed by atoms with E-state index < -0.39 is 11.7 Å². The van der Waals surface area contributed by atoms with E-state index in [0.717, 1.165) is 18.2 Å². The Bertz CT molecular complexity index is 1460. The number of halogens is 2. The van der Waals surface area contributed by atoms with Crippen molar-refractivity contribution < 1.29 is 28.2 Å². The average Bonchev–Trinajstić information content (AvgIpc) is 2.99. The molecule has 0 saturated carbocycles. The topological polar surface area (TPSA) is 127 Å². The molecule has 0 radical (unpaired) electrons. The van der Waals surface area contributed by atoms with E-state index in [0.29, 0.717) is 24.9 Å². The Kier molecular flexibility index (Phi) is 10.2. The van der Waals surface area contributed by atoms with Crippen molar-refractivity contribution in [2.24, 2.45) is 0 Å². The van der Waals surface area contributed by atoms with Gasteiger partial charge in [0.1, 0.15) is 22.3 Å². The van der Waals surface area contributed by atoms with Crippen molar-refractivity contribution in [3.05, 3.63) is 64.1 Å². The highest BCUT2D eigenvalue weighted by Gasteiger charge is 2.30. The lowest BCUT2D eigenvalue weighted by atomic mass is 10.0. The number of hydrogen-bond donors (Lipinski definition) is 3. The number of aryl methyl sites for hydroxylation is 1. The number of ether oxygens (including phenoxy) is 3. The van der Waals surface area contributed by atoms with Gasteiger partial charge in [0.15, 0.2) is 0 Å². The zero-order valence-electron chi connectivity index (χ0n) is 24.1. The van der Waals surface area contributed by atoms with Gasteiger partial charge < -0.3 is 35.1 Å². The van der Waals surface area contributed by atoms with Crippen LogP contribution in [0, 0.1) is 5.82 Å². The van der Waals surface area contributed by atoms with Crippen LogP contribution in [0.3, 0.4) is 0 Å². The zero-order valence-corrected chi connectivity index (χ0v) is 24.8. The molecule has 0 spiro atoms. The molecule has 2 atom stereocenters. The van der Waals surface area contributed by atoms with Crippen LogP contribution < -0.4 is 25.4 Å². The summed E-state index contributed by atoms with van der Waals surface area (Å²) in [6.07, 6.45) is 2.38. The third-order valence-corrected chi connectivity index (χ3v) is 7.29. The van der Waals surface area contributed by atoms with E-state index in [1.165, 1.54) is 26.4 Å². The third kappa shape index (κ3) is 6.89. The fourth-order valence-corrected chi connectivity index (χ4v) is 4.89. The molecular formula is C29H34ClFN6O5. The molecule has 1 fully saturated rings. The van der Waals surface area contributed by atoms with Gasteiger partial charge in [-0.25, -0.2) is 9.37 Å². The lowest BCUT2D eigenvalue weighted by molar-refractivity contribution is 0.0141. The summed E-state index contributed by atoms with van der Waals surface area (Å²) >= 11 is 6.32. The molecule has 2 heterocycles. The van der Waals surface area contributed by atoms with Gasteiger partial charge in [0, 0.05) is 26.8 Å². The molecule has 1 aromatic heterocycles. The van der Waals surface area contributed by atoms with Crippen LogP contribution in [0.25, 0.3) is 0 Å². The number of methoxy groups -OCH3 is 2. The van der Waals surface area contributed by atoms with Gasteiger partial charge in [0.25, 0.3) is 11.8 Å². The predicted octanol–water partition coefficient (Wildman–Crippen LogP) is 4.18. The molecule has 2 amide bonds. The zero-order chi connectivity index (χ0) is 30.4. The molecule has 3 aromatic rings. The Labute approximate surface area is 248 Å². The first-order chi connectivity index (χ1) is 20.2. The van der Waals surface area contributed by atoms with Crippen LogP contribution in [-0.2, 0) is 11.2 Å². The largest absolute Gasteiger partial charge is 0.495 e. The summed E-state index contributed by atoms with van der Waals surface area (Å²) in [6, 6.07) is 7.41. The van der Waals surface area contributed by atoms with Gasteiger partial charge >= 0.3 is 0 Å². The summed E-state index contributed by atoms with van der Waals surface area (Å²) in [5, 5.41) is 8.50. The van der Waals surface area contributed by atoms with E-state index in [9.17, 15) is 9.59 Å². The van der Waals surface area contributed by atoms with Crippen molar-refractivity contribution >= 4 is 35.1 Å². The number of nitrogens with zero attached hydrogens (tertiary/aromatic N) is 3. The number of aromatic nitrogens is 2. The Morgan fingerprint density at radius 3 is 2.67 bits per heavy atom. The summed E-state index contributed by atoms with van der Waals surface area (Å²) in [5.41, 5.74) is 1.15. The number of hydrogen-bond acceptors (Lipinski definition) is 9. The quantitative estimate of drug-likeness (QED) is 0.314. The van der Waals surface area contributed by atoms with E-state index in [1.807, 2.05) is 20.0 Å². The molecule has 2 unspecified atom stereocenters. The van der Waals surface area contributed by atoms with Crippen LogP contribution in [0.5, 0.6) is 17.4 Å². The fourth-order valence-electron chi connectivity index (χ4n) is 4.76. The van der Waals surface area contributed by atoms with Gasteiger partial charge in [-0.2, -0.15) is 4.98 Å². The maximum Gasteiger partial charge on any atom is 0.255 e. The van der Waals surface area contributed by atoms with Crippen LogP contribution in [0.2, 0.25) is 5.02 Å². The Morgan fingerprint density at radius 1 is 1.19 bits per heavy atom. The molecule has 13 heteroatoms. The molecule has 4 rings (SSSR count). The van der Waals surface area contributed by atoms with Gasteiger partial charge in [0.05, 0.1) is 42.3 Å². The molecule has 1 aliphatic rings. The summed E-state index contributed by atoms with van der Waals surface area (Å²) in [7, 11) is 6.50. The molecule has 3 N–H and O–H groups in total. The van der Waals surface area contributed by atoms with Gasteiger partial charge in [-0.1, -0.05) is 30.7 Å².